The average molecular weight is 227 g/mol. The fraction of sp³-hybridized carbons (Fsp3) is 0.455. The number of nitrogens with two attached hydrogens (primary N) is 1. The van der Waals surface area contributed by atoms with Gasteiger partial charge in [-0.2, -0.15) is 0 Å². The number of aliphatic hydroxyl groups excluding tert-OH is 1. The minimum Gasteiger partial charge on any atom is -0.393 e. The number of benzene rings is 1. The van der Waals surface area contributed by atoms with Gasteiger partial charge in [0.1, 0.15) is 5.82 Å². The van der Waals surface area contributed by atoms with Crippen LogP contribution < -0.4 is 5.73 Å². The summed E-state index contributed by atoms with van der Waals surface area (Å²) in [5, 5.41) is 9.31. The summed E-state index contributed by atoms with van der Waals surface area (Å²) in [5.74, 6) is -0.227. The maximum atomic E-state index is 12.7. The Morgan fingerprint density at radius 2 is 2.00 bits per heavy atom. The third-order valence-electron chi connectivity index (χ3n) is 2.74. The van der Waals surface area contributed by atoms with Gasteiger partial charge < -0.3 is 10.8 Å². The van der Waals surface area contributed by atoms with E-state index >= 15 is 0 Å². The Morgan fingerprint density at radius 3 is 2.47 bits per heavy atom. The molecule has 1 saturated carbocycles. The van der Waals surface area contributed by atoms with E-state index in [1.165, 1.54) is 12.1 Å². The van der Waals surface area contributed by atoms with Gasteiger partial charge in [-0.15, -0.1) is 11.8 Å². The van der Waals surface area contributed by atoms with Crippen LogP contribution in [-0.2, 0) is 0 Å². The molecular formula is C11H14FNOS. The van der Waals surface area contributed by atoms with E-state index in [4.69, 9.17) is 5.73 Å². The molecule has 0 aliphatic heterocycles. The highest BCUT2D eigenvalue weighted by molar-refractivity contribution is 8.00. The van der Waals surface area contributed by atoms with E-state index in [1.54, 1.807) is 23.9 Å². The van der Waals surface area contributed by atoms with E-state index < -0.39 is 0 Å². The Balaban J connectivity index is 2.04. The second-order valence-corrected chi connectivity index (χ2v) is 5.55. The first-order valence-corrected chi connectivity index (χ1v) is 5.78. The lowest BCUT2D eigenvalue weighted by Crippen LogP contribution is -2.49. The van der Waals surface area contributed by atoms with Crippen LogP contribution >= 0.6 is 11.8 Å². The summed E-state index contributed by atoms with van der Waals surface area (Å²) in [4.78, 5) is 1.01. The van der Waals surface area contributed by atoms with Gasteiger partial charge in [-0.25, -0.2) is 4.39 Å². The fourth-order valence-corrected chi connectivity index (χ4v) is 3.25. The van der Waals surface area contributed by atoms with Gasteiger partial charge >= 0.3 is 0 Å². The summed E-state index contributed by atoms with van der Waals surface area (Å²) in [6.07, 6.45) is 1.23. The maximum Gasteiger partial charge on any atom is 0.123 e. The Bertz CT molecular complexity index is 335. The molecule has 0 saturated heterocycles. The lowest BCUT2D eigenvalue weighted by molar-refractivity contribution is 0.0643. The molecule has 4 heteroatoms. The highest BCUT2D eigenvalue weighted by atomic mass is 32.2. The largest absolute Gasteiger partial charge is 0.393 e. The summed E-state index contributed by atoms with van der Waals surface area (Å²) in [5.41, 5.74) is 5.70. The van der Waals surface area contributed by atoms with Crippen molar-refractivity contribution in [2.45, 2.75) is 28.6 Å². The number of thioether (sulfide) groups is 1. The van der Waals surface area contributed by atoms with Gasteiger partial charge in [0.15, 0.2) is 0 Å². The van der Waals surface area contributed by atoms with Crippen LogP contribution in [0.3, 0.4) is 0 Å². The van der Waals surface area contributed by atoms with Gasteiger partial charge in [-0.05, 0) is 37.1 Å². The number of hydrogen-bond donors (Lipinski definition) is 2. The Kier molecular flexibility index (Phi) is 3.00. The Hall–Kier alpha value is -0.580. The molecule has 0 radical (unpaired) electrons. The minimum absolute atomic E-state index is 0.0444. The first-order valence-electron chi connectivity index (χ1n) is 4.96. The van der Waals surface area contributed by atoms with Crippen molar-refractivity contribution in [1.82, 2.24) is 0 Å². The van der Waals surface area contributed by atoms with Crippen LogP contribution in [0.2, 0.25) is 0 Å². The molecule has 1 fully saturated rings. The zero-order chi connectivity index (χ0) is 10.9. The molecule has 1 aromatic rings. The molecule has 0 bridgehead atoms. The molecule has 2 rings (SSSR count). The monoisotopic (exact) mass is 227 g/mol. The van der Waals surface area contributed by atoms with Gasteiger partial charge in [-0.1, -0.05) is 0 Å². The van der Waals surface area contributed by atoms with Crippen molar-refractivity contribution in [3.05, 3.63) is 30.1 Å². The van der Waals surface area contributed by atoms with E-state index in [0.29, 0.717) is 6.54 Å². The molecule has 0 amide bonds. The van der Waals surface area contributed by atoms with Crippen molar-refractivity contribution in [3.63, 3.8) is 0 Å². The number of hydrogen-bond acceptors (Lipinski definition) is 3. The van der Waals surface area contributed by atoms with Gasteiger partial charge in [0.05, 0.1) is 6.10 Å². The van der Waals surface area contributed by atoms with Gasteiger partial charge in [0, 0.05) is 16.2 Å². The predicted octanol–water partition coefficient (Wildman–Crippen LogP) is 1.77. The topological polar surface area (TPSA) is 46.2 Å². The summed E-state index contributed by atoms with van der Waals surface area (Å²) in [7, 11) is 0. The number of halogens is 1. The third-order valence-corrected chi connectivity index (χ3v) is 4.18. The normalized spacial score (nSPS) is 29.9. The molecular weight excluding hydrogens is 213 g/mol. The predicted molar refractivity (Wildman–Crippen MR) is 59.3 cm³/mol. The summed E-state index contributed by atoms with van der Waals surface area (Å²) >= 11 is 1.64. The number of aliphatic hydroxyl groups is 1. The van der Waals surface area contributed by atoms with E-state index in [0.717, 1.165) is 17.7 Å². The molecule has 0 unspecified atom stereocenters. The molecule has 0 aromatic heterocycles. The highest BCUT2D eigenvalue weighted by Gasteiger charge is 2.43. The van der Waals surface area contributed by atoms with Gasteiger partial charge in [0.25, 0.3) is 0 Å². The third kappa shape index (κ3) is 2.33. The lowest BCUT2D eigenvalue weighted by Gasteiger charge is -2.44. The van der Waals surface area contributed by atoms with Crippen LogP contribution in [0.25, 0.3) is 0 Å². The maximum absolute atomic E-state index is 12.7. The quantitative estimate of drug-likeness (QED) is 0.827. The standard InChI is InChI=1S/C11H14FNOS/c12-8-1-3-10(4-2-8)15-11(7-13)5-9(14)6-11/h1-4,9,14H,5-7,13H2. The molecule has 3 N–H and O–H groups in total. The Labute approximate surface area is 92.7 Å². The van der Waals surface area contributed by atoms with E-state index in [-0.39, 0.29) is 16.7 Å². The van der Waals surface area contributed by atoms with Crippen LogP contribution in [0.1, 0.15) is 12.8 Å². The molecule has 1 aliphatic rings. The average Bonchev–Trinajstić information content (AvgIpc) is 2.18. The van der Waals surface area contributed by atoms with Crippen molar-refractivity contribution < 1.29 is 9.50 Å². The SMILES string of the molecule is NCC1(Sc2ccc(F)cc2)CC(O)C1. The van der Waals surface area contributed by atoms with Crippen LogP contribution in [-0.4, -0.2) is 22.5 Å². The first kappa shape index (κ1) is 10.9. The van der Waals surface area contributed by atoms with Crippen molar-refractivity contribution in [1.29, 1.82) is 0 Å². The number of rotatable bonds is 3. The van der Waals surface area contributed by atoms with Gasteiger partial charge in [0.2, 0.25) is 0 Å². The second-order valence-electron chi connectivity index (χ2n) is 4.01. The Morgan fingerprint density at radius 1 is 1.40 bits per heavy atom. The minimum atomic E-state index is -0.227. The van der Waals surface area contributed by atoms with E-state index in [2.05, 4.69) is 0 Å². The molecule has 82 valence electrons. The summed E-state index contributed by atoms with van der Waals surface area (Å²) in [6.45, 7) is 0.548. The summed E-state index contributed by atoms with van der Waals surface area (Å²) < 4.78 is 12.6. The second kappa shape index (κ2) is 4.12. The molecule has 1 aliphatic carbocycles. The van der Waals surface area contributed by atoms with Crippen LogP contribution in [0, 0.1) is 5.82 Å². The zero-order valence-corrected chi connectivity index (χ0v) is 9.14. The molecule has 2 nitrogen and oxygen atoms in total. The lowest BCUT2D eigenvalue weighted by atomic mass is 9.81. The van der Waals surface area contributed by atoms with Crippen molar-refractivity contribution >= 4 is 11.8 Å². The van der Waals surface area contributed by atoms with Crippen LogP contribution in [0.4, 0.5) is 4.39 Å². The molecule has 1 aromatic carbocycles. The first-order chi connectivity index (χ1) is 7.13. The molecule has 15 heavy (non-hydrogen) atoms. The highest BCUT2D eigenvalue weighted by Crippen LogP contribution is 2.46. The van der Waals surface area contributed by atoms with Crippen molar-refractivity contribution in [3.8, 4) is 0 Å². The summed E-state index contributed by atoms with van der Waals surface area (Å²) in [6, 6.07) is 6.40. The zero-order valence-electron chi connectivity index (χ0n) is 8.32. The van der Waals surface area contributed by atoms with Crippen molar-refractivity contribution in [2.24, 2.45) is 5.73 Å². The van der Waals surface area contributed by atoms with E-state index in [1.807, 2.05) is 0 Å². The molecule has 0 spiro atoms. The molecule has 0 atom stereocenters. The van der Waals surface area contributed by atoms with Crippen molar-refractivity contribution in [2.75, 3.05) is 6.54 Å². The van der Waals surface area contributed by atoms with Crippen LogP contribution in [0.15, 0.2) is 29.2 Å². The fourth-order valence-electron chi connectivity index (χ4n) is 1.84. The van der Waals surface area contributed by atoms with Gasteiger partial charge in [-0.3, -0.25) is 0 Å². The smallest absolute Gasteiger partial charge is 0.123 e. The van der Waals surface area contributed by atoms with Crippen LogP contribution in [0.5, 0.6) is 0 Å². The molecule has 0 heterocycles. The van der Waals surface area contributed by atoms with E-state index in [9.17, 15) is 9.50 Å².